The van der Waals surface area contributed by atoms with E-state index in [0.29, 0.717) is 11.4 Å². The van der Waals surface area contributed by atoms with Gasteiger partial charge in [-0.1, -0.05) is 12.1 Å². The van der Waals surface area contributed by atoms with Gasteiger partial charge < -0.3 is 9.84 Å². The minimum atomic E-state index is -4.70. The molecule has 0 bridgehead atoms. The predicted octanol–water partition coefficient (Wildman–Crippen LogP) is 2.61. The molecular formula is C11H9F3N2O2. The summed E-state index contributed by atoms with van der Waals surface area (Å²) < 4.78 is 43.4. The predicted molar refractivity (Wildman–Crippen MR) is 56.8 cm³/mol. The Bertz CT molecular complexity index is 564. The Morgan fingerprint density at radius 1 is 1.28 bits per heavy atom. The highest BCUT2D eigenvalue weighted by atomic mass is 19.4. The largest absolute Gasteiger partial charge is 0.504 e. The molecule has 0 amide bonds. The van der Waals surface area contributed by atoms with Gasteiger partial charge in [0.2, 0.25) is 5.69 Å². The van der Waals surface area contributed by atoms with Crippen LogP contribution in [0.15, 0.2) is 30.5 Å². The Hall–Kier alpha value is -2.18. The molecule has 0 aliphatic heterocycles. The van der Waals surface area contributed by atoms with Crippen molar-refractivity contribution in [1.82, 2.24) is 9.78 Å². The lowest BCUT2D eigenvalue weighted by Gasteiger charge is -2.07. The van der Waals surface area contributed by atoms with Gasteiger partial charge in [-0.3, -0.25) is 0 Å². The first-order chi connectivity index (χ1) is 8.43. The molecule has 96 valence electrons. The fourth-order valence-electron chi connectivity index (χ4n) is 1.51. The average Bonchev–Trinajstić information content (AvgIpc) is 2.71. The molecule has 0 unspecified atom stereocenters. The SMILES string of the molecule is COc1ccccc1-n1cc(O)c(C(F)(F)F)n1. The third kappa shape index (κ3) is 2.11. The second-order valence-electron chi connectivity index (χ2n) is 3.48. The monoisotopic (exact) mass is 258 g/mol. The molecule has 0 aliphatic carbocycles. The van der Waals surface area contributed by atoms with E-state index in [0.717, 1.165) is 10.9 Å². The summed E-state index contributed by atoms with van der Waals surface area (Å²) in [5.41, 5.74) is -1.01. The van der Waals surface area contributed by atoms with E-state index >= 15 is 0 Å². The van der Waals surface area contributed by atoms with Crippen molar-refractivity contribution in [3.05, 3.63) is 36.2 Å². The molecule has 1 heterocycles. The van der Waals surface area contributed by atoms with E-state index in [1.807, 2.05) is 0 Å². The minimum absolute atomic E-state index is 0.311. The van der Waals surface area contributed by atoms with Crippen LogP contribution in [-0.4, -0.2) is 22.0 Å². The van der Waals surface area contributed by atoms with Gasteiger partial charge in [0.05, 0.1) is 13.3 Å². The third-order valence-corrected chi connectivity index (χ3v) is 2.30. The molecule has 4 nitrogen and oxygen atoms in total. The topological polar surface area (TPSA) is 47.3 Å². The molecule has 2 rings (SSSR count). The first-order valence-corrected chi connectivity index (χ1v) is 4.92. The number of para-hydroxylation sites is 2. The maximum atomic E-state index is 12.5. The summed E-state index contributed by atoms with van der Waals surface area (Å²) in [5, 5.41) is 12.6. The summed E-state index contributed by atoms with van der Waals surface area (Å²) in [6, 6.07) is 6.42. The van der Waals surface area contributed by atoms with Crippen LogP contribution in [0.25, 0.3) is 5.69 Å². The molecule has 7 heteroatoms. The maximum Gasteiger partial charge on any atom is 0.438 e. The summed E-state index contributed by atoms with van der Waals surface area (Å²) in [7, 11) is 1.40. The summed E-state index contributed by atoms with van der Waals surface area (Å²) in [5.74, 6) is -0.567. The molecule has 18 heavy (non-hydrogen) atoms. The van der Waals surface area contributed by atoms with Gasteiger partial charge in [-0.05, 0) is 12.1 Å². The Morgan fingerprint density at radius 3 is 2.50 bits per heavy atom. The smallest absolute Gasteiger partial charge is 0.438 e. The van der Waals surface area contributed by atoms with E-state index in [1.165, 1.54) is 13.2 Å². The van der Waals surface area contributed by atoms with Gasteiger partial charge in [-0.15, -0.1) is 0 Å². The number of aromatic nitrogens is 2. The average molecular weight is 258 g/mol. The highest BCUT2D eigenvalue weighted by Gasteiger charge is 2.37. The zero-order valence-electron chi connectivity index (χ0n) is 9.27. The first-order valence-electron chi connectivity index (χ1n) is 4.92. The van der Waals surface area contributed by atoms with Crippen molar-refractivity contribution < 1.29 is 23.0 Å². The zero-order chi connectivity index (χ0) is 13.3. The molecule has 0 spiro atoms. The number of methoxy groups -OCH3 is 1. The first kappa shape index (κ1) is 12.3. The Labute approximate surface area is 100 Å². The fraction of sp³-hybridized carbons (Fsp3) is 0.182. The van der Waals surface area contributed by atoms with Gasteiger partial charge in [0.15, 0.2) is 5.75 Å². The van der Waals surface area contributed by atoms with Gasteiger partial charge in [0.1, 0.15) is 11.4 Å². The summed E-state index contributed by atoms with van der Waals surface area (Å²) in [4.78, 5) is 0. The Morgan fingerprint density at radius 2 is 1.94 bits per heavy atom. The van der Waals surface area contributed by atoms with Gasteiger partial charge in [-0.2, -0.15) is 18.3 Å². The van der Waals surface area contributed by atoms with E-state index < -0.39 is 17.6 Å². The van der Waals surface area contributed by atoms with Crippen molar-refractivity contribution in [3.8, 4) is 17.2 Å². The number of hydrogen-bond donors (Lipinski definition) is 1. The molecule has 1 aromatic heterocycles. The quantitative estimate of drug-likeness (QED) is 0.900. The highest BCUT2D eigenvalue weighted by molar-refractivity contribution is 5.47. The van der Waals surface area contributed by atoms with Crippen LogP contribution >= 0.6 is 0 Å². The summed E-state index contributed by atoms with van der Waals surface area (Å²) in [6.07, 6.45) is -3.81. The van der Waals surface area contributed by atoms with E-state index in [9.17, 15) is 18.3 Å². The van der Waals surface area contributed by atoms with E-state index in [-0.39, 0.29) is 0 Å². The third-order valence-electron chi connectivity index (χ3n) is 2.30. The number of halogens is 3. The Kier molecular flexibility index (Phi) is 2.90. The van der Waals surface area contributed by atoms with Crippen LogP contribution in [-0.2, 0) is 6.18 Å². The van der Waals surface area contributed by atoms with Gasteiger partial charge >= 0.3 is 6.18 Å². The van der Waals surface area contributed by atoms with Crippen molar-refractivity contribution in [3.63, 3.8) is 0 Å². The van der Waals surface area contributed by atoms with Crippen LogP contribution in [0, 0.1) is 0 Å². The molecule has 0 saturated carbocycles. The standard InChI is InChI=1S/C11H9F3N2O2/c1-18-9-5-3-2-4-7(9)16-6-8(17)10(15-16)11(12,13)14/h2-6,17H,1H3. The van der Waals surface area contributed by atoms with Crippen LogP contribution in [0.2, 0.25) is 0 Å². The molecule has 0 aliphatic rings. The molecule has 2 aromatic rings. The lowest BCUT2D eigenvalue weighted by atomic mass is 10.3. The van der Waals surface area contributed by atoms with Crippen molar-refractivity contribution in [2.24, 2.45) is 0 Å². The molecule has 0 fully saturated rings. The number of hydrogen-bond acceptors (Lipinski definition) is 3. The molecule has 0 radical (unpaired) electrons. The molecular weight excluding hydrogens is 249 g/mol. The molecule has 1 N–H and O–H groups in total. The lowest BCUT2D eigenvalue weighted by Crippen LogP contribution is -2.08. The van der Waals surface area contributed by atoms with Crippen LogP contribution < -0.4 is 4.74 Å². The van der Waals surface area contributed by atoms with E-state index in [2.05, 4.69) is 5.10 Å². The van der Waals surface area contributed by atoms with E-state index in [4.69, 9.17) is 4.74 Å². The van der Waals surface area contributed by atoms with Crippen LogP contribution in [0.4, 0.5) is 13.2 Å². The van der Waals surface area contributed by atoms with E-state index in [1.54, 1.807) is 18.2 Å². The summed E-state index contributed by atoms with van der Waals surface area (Å²) >= 11 is 0. The van der Waals surface area contributed by atoms with Gasteiger partial charge in [0.25, 0.3) is 0 Å². The van der Waals surface area contributed by atoms with Crippen molar-refractivity contribution >= 4 is 0 Å². The molecule has 0 atom stereocenters. The highest BCUT2D eigenvalue weighted by Crippen LogP contribution is 2.35. The lowest BCUT2D eigenvalue weighted by molar-refractivity contribution is -0.142. The number of nitrogens with zero attached hydrogens (tertiary/aromatic N) is 2. The minimum Gasteiger partial charge on any atom is -0.504 e. The van der Waals surface area contributed by atoms with Crippen LogP contribution in [0.1, 0.15) is 5.69 Å². The van der Waals surface area contributed by atoms with Gasteiger partial charge in [-0.25, -0.2) is 4.68 Å². The summed E-state index contributed by atoms with van der Waals surface area (Å²) in [6.45, 7) is 0. The number of ether oxygens (including phenoxy) is 1. The second kappa shape index (κ2) is 4.25. The maximum absolute atomic E-state index is 12.5. The number of benzene rings is 1. The second-order valence-corrected chi connectivity index (χ2v) is 3.48. The number of rotatable bonds is 2. The van der Waals surface area contributed by atoms with Crippen molar-refractivity contribution in [2.45, 2.75) is 6.18 Å². The number of alkyl halides is 3. The van der Waals surface area contributed by atoms with Crippen molar-refractivity contribution in [2.75, 3.05) is 7.11 Å². The van der Waals surface area contributed by atoms with Crippen LogP contribution in [0.5, 0.6) is 11.5 Å². The fourth-order valence-corrected chi connectivity index (χ4v) is 1.51. The number of aromatic hydroxyl groups is 1. The van der Waals surface area contributed by atoms with Crippen LogP contribution in [0.3, 0.4) is 0 Å². The normalized spacial score (nSPS) is 11.6. The van der Waals surface area contributed by atoms with Gasteiger partial charge in [0, 0.05) is 0 Å². The van der Waals surface area contributed by atoms with Crippen molar-refractivity contribution in [1.29, 1.82) is 0 Å². The Balaban J connectivity index is 2.53. The zero-order valence-corrected chi connectivity index (χ0v) is 9.27. The molecule has 0 saturated heterocycles. The molecule has 1 aromatic carbocycles.